The van der Waals surface area contributed by atoms with Crippen LogP contribution < -0.4 is 10.5 Å². The Hall–Kier alpha value is -1.51. The summed E-state index contributed by atoms with van der Waals surface area (Å²) < 4.78 is 5.87. The third kappa shape index (κ3) is 3.75. The molecule has 3 heteroatoms. The molecule has 2 rings (SSSR count). The van der Waals surface area contributed by atoms with Crippen LogP contribution in [-0.2, 0) is 13.0 Å². The second kappa shape index (κ2) is 6.78. The zero-order chi connectivity index (χ0) is 14.5. The van der Waals surface area contributed by atoms with Crippen LogP contribution in [0.3, 0.4) is 0 Å². The highest BCUT2D eigenvalue weighted by molar-refractivity contribution is 6.30. The summed E-state index contributed by atoms with van der Waals surface area (Å²) in [5.74, 6) is 0.795. The van der Waals surface area contributed by atoms with E-state index in [-0.39, 0.29) is 6.04 Å². The van der Waals surface area contributed by atoms with Crippen molar-refractivity contribution >= 4 is 11.6 Å². The molecule has 2 nitrogen and oxygen atoms in total. The summed E-state index contributed by atoms with van der Waals surface area (Å²) in [4.78, 5) is 0. The van der Waals surface area contributed by atoms with E-state index in [4.69, 9.17) is 22.1 Å². The lowest BCUT2D eigenvalue weighted by molar-refractivity contribution is 0.301. The van der Waals surface area contributed by atoms with Crippen LogP contribution >= 0.6 is 11.6 Å². The van der Waals surface area contributed by atoms with Crippen molar-refractivity contribution in [1.29, 1.82) is 0 Å². The molecule has 0 amide bonds. The van der Waals surface area contributed by atoms with E-state index in [1.54, 1.807) is 0 Å². The average molecular weight is 290 g/mol. The SMILES string of the molecule is CCc1ccc(COc2ccc(Cl)cc2[C@H](C)N)cc1. The van der Waals surface area contributed by atoms with Gasteiger partial charge in [-0.3, -0.25) is 0 Å². The van der Waals surface area contributed by atoms with Crippen LogP contribution in [0.5, 0.6) is 5.75 Å². The Morgan fingerprint density at radius 3 is 2.35 bits per heavy atom. The standard InChI is InChI=1S/C17H20ClNO/c1-3-13-4-6-14(7-5-13)11-20-17-9-8-15(18)10-16(17)12(2)19/h4-10,12H,3,11,19H2,1-2H3/t12-/m0/s1. The van der Waals surface area contributed by atoms with Crippen LogP contribution in [0.15, 0.2) is 42.5 Å². The molecule has 2 aromatic carbocycles. The minimum absolute atomic E-state index is 0.105. The fourth-order valence-electron chi connectivity index (χ4n) is 2.04. The number of rotatable bonds is 5. The van der Waals surface area contributed by atoms with E-state index in [2.05, 4.69) is 31.2 Å². The first-order chi connectivity index (χ1) is 9.60. The highest BCUT2D eigenvalue weighted by atomic mass is 35.5. The summed E-state index contributed by atoms with van der Waals surface area (Å²) in [5, 5.41) is 0.678. The quantitative estimate of drug-likeness (QED) is 0.879. The molecule has 0 saturated carbocycles. The van der Waals surface area contributed by atoms with Crippen LogP contribution in [0.2, 0.25) is 5.02 Å². The fourth-order valence-corrected chi connectivity index (χ4v) is 2.22. The van der Waals surface area contributed by atoms with Crippen LogP contribution in [0.25, 0.3) is 0 Å². The molecule has 0 heterocycles. The van der Waals surface area contributed by atoms with Crippen LogP contribution in [-0.4, -0.2) is 0 Å². The summed E-state index contributed by atoms with van der Waals surface area (Å²) in [5.41, 5.74) is 9.36. The van der Waals surface area contributed by atoms with Crippen molar-refractivity contribution < 1.29 is 4.74 Å². The summed E-state index contributed by atoms with van der Waals surface area (Å²) in [6, 6.07) is 13.9. The fraction of sp³-hybridized carbons (Fsp3) is 0.294. The van der Waals surface area contributed by atoms with E-state index in [1.165, 1.54) is 5.56 Å². The van der Waals surface area contributed by atoms with E-state index in [9.17, 15) is 0 Å². The Morgan fingerprint density at radius 1 is 1.10 bits per heavy atom. The molecular weight excluding hydrogens is 270 g/mol. The zero-order valence-corrected chi connectivity index (χ0v) is 12.7. The van der Waals surface area contributed by atoms with Gasteiger partial charge < -0.3 is 10.5 Å². The first-order valence-corrected chi connectivity index (χ1v) is 7.23. The Balaban J connectivity index is 2.10. The summed E-state index contributed by atoms with van der Waals surface area (Å²) in [6.07, 6.45) is 1.05. The van der Waals surface area contributed by atoms with Crippen molar-refractivity contribution in [2.24, 2.45) is 5.73 Å². The molecule has 0 unspecified atom stereocenters. The minimum atomic E-state index is -0.105. The third-order valence-corrected chi connectivity index (χ3v) is 3.52. The summed E-state index contributed by atoms with van der Waals surface area (Å²) >= 11 is 6.00. The molecule has 0 spiro atoms. The molecule has 0 aliphatic heterocycles. The molecule has 0 saturated heterocycles. The minimum Gasteiger partial charge on any atom is -0.489 e. The molecule has 2 N–H and O–H groups in total. The molecule has 0 radical (unpaired) electrons. The van der Waals surface area contributed by atoms with E-state index in [0.29, 0.717) is 11.6 Å². The van der Waals surface area contributed by atoms with Crippen molar-refractivity contribution in [2.75, 3.05) is 0 Å². The van der Waals surface area contributed by atoms with Gasteiger partial charge in [0.05, 0.1) is 0 Å². The van der Waals surface area contributed by atoms with Crippen molar-refractivity contribution in [3.63, 3.8) is 0 Å². The van der Waals surface area contributed by atoms with Crippen molar-refractivity contribution in [3.8, 4) is 5.75 Å². The first kappa shape index (κ1) is 14.9. The van der Waals surface area contributed by atoms with Crippen LogP contribution in [0.1, 0.15) is 36.6 Å². The molecule has 0 fully saturated rings. The molecule has 20 heavy (non-hydrogen) atoms. The Morgan fingerprint density at radius 2 is 1.75 bits per heavy atom. The van der Waals surface area contributed by atoms with E-state index < -0.39 is 0 Å². The molecule has 0 aliphatic carbocycles. The second-order valence-electron chi connectivity index (χ2n) is 4.93. The Labute approximate surface area is 125 Å². The lowest BCUT2D eigenvalue weighted by Crippen LogP contribution is -2.08. The predicted octanol–water partition coefficient (Wildman–Crippen LogP) is 4.50. The predicted molar refractivity (Wildman–Crippen MR) is 84.2 cm³/mol. The van der Waals surface area contributed by atoms with Crippen molar-refractivity contribution in [2.45, 2.75) is 32.9 Å². The van der Waals surface area contributed by atoms with Gasteiger partial charge in [0.2, 0.25) is 0 Å². The first-order valence-electron chi connectivity index (χ1n) is 6.85. The molecule has 2 aromatic rings. The van der Waals surface area contributed by atoms with Crippen molar-refractivity contribution in [3.05, 3.63) is 64.2 Å². The van der Waals surface area contributed by atoms with Gasteiger partial charge in [-0.1, -0.05) is 42.8 Å². The maximum atomic E-state index is 6.00. The lowest BCUT2D eigenvalue weighted by atomic mass is 10.1. The van der Waals surface area contributed by atoms with E-state index >= 15 is 0 Å². The molecule has 0 bridgehead atoms. The van der Waals surface area contributed by atoms with E-state index in [0.717, 1.165) is 23.3 Å². The highest BCUT2D eigenvalue weighted by Gasteiger charge is 2.09. The maximum absolute atomic E-state index is 6.00. The monoisotopic (exact) mass is 289 g/mol. The topological polar surface area (TPSA) is 35.2 Å². The van der Waals surface area contributed by atoms with Crippen LogP contribution in [0.4, 0.5) is 0 Å². The Bertz CT molecular complexity index is 564. The zero-order valence-electron chi connectivity index (χ0n) is 11.9. The van der Waals surface area contributed by atoms with Gasteiger partial charge in [0.1, 0.15) is 12.4 Å². The van der Waals surface area contributed by atoms with Gasteiger partial charge in [0, 0.05) is 16.6 Å². The largest absolute Gasteiger partial charge is 0.489 e. The molecule has 1 atom stereocenters. The molecule has 0 aliphatic rings. The molecule has 106 valence electrons. The number of halogens is 1. The van der Waals surface area contributed by atoms with E-state index in [1.807, 2.05) is 25.1 Å². The van der Waals surface area contributed by atoms with Gasteiger partial charge in [0.25, 0.3) is 0 Å². The van der Waals surface area contributed by atoms with Gasteiger partial charge in [-0.05, 0) is 42.7 Å². The number of nitrogens with two attached hydrogens (primary N) is 1. The molecule has 0 aromatic heterocycles. The smallest absolute Gasteiger partial charge is 0.124 e. The average Bonchev–Trinajstić information content (AvgIpc) is 2.46. The summed E-state index contributed by atoms with van der Waals surface area (Å²) in [7, 11) is 0. The van der Waals surface area contributed by atoms with Gasteiger partial charge in [-0.2, -0.15) is 0 Å². The maximum Gasteiger partial charge on any atom is 0.124 e. The normalized spacial score (nSPS) is 12.2. The number of benzene rings is 2. The van der Waals surface area contributed by atoms with Gasteiger partial charge in [-0.15, -0.1) is 0 Å². The van der Waals surface area contributed by atoms with Gasteiger partial charge >= 0.3 is 0 Å². The summed E-state index contributed by atoms with van der Waals surface area (Å²) in [6.45, 7) is 4.61. The van der Waals surface area contributed by atoms with Gasteiger partial charge in [0.15, 0.2) is 0 Å². The number of hydrogen-bond donors (Lipinski definition) is 1. The molecular formula is C17H20ClNO. The lowest BCUT2D eigenvalue weighted by Gasteiger charge is -2.14. The second-order valence-corrected chi connectivity index (χ2v) is 5.37. The number of aryl methyl sites for hydroxylation is 1. The number of ether oxygens (including phenoxy) is 1. The van der Waals surface area contributed by atoms with Crippen molar-refractivity contribution in [1.82, 2.24) is 0 Å². The highest BCUT2D eigenvalue weighted by Crippen LogP contribution is 2.27. The van der Waals surface area contributed by atoms with Gasteiger partial charge in [-0.25, -0.2) is 0 Å². The van der Waals surface area contributed by atoms with Crippen LogP contribution in [0, 0.1) is 0 Å². The number of hydrogen-bond acceptors (Lipinski definition) is 2. The third-order valence-electron chi connectivity index (χ3n) is 3.29. The Kier molecular flexibility index (Phi) is 5.05.